The van der Waals surface area contributed by atoms with Crippen LogP contribution in [-0.2, 0) is 14.3 Å². The van der Waals surface area contributed by atoms with Crippen molar-refractivity contribution in [2.75, 3.05) is 7.11 Å². The van der Waals surface area contributed by atoms with Gasteiger partial charge in [-0.1, -0.05) is 6.92 Å². The topological polar surface area (TPSA) is 35.5 Å². The summed E-state index contributed by atoms with van der Waals surface area (Å²) in [4.78, 5) is 9.84. The van der Waals surface area contributed by atoms with Gasteiger partial charge in [-0.15, -0.1) is 0 Å². The average molecular weight is 144 g/mol. The van der Waals surface area contributed by atoms with Gasteiger partial charge < -0.3 is 9.47 Å². The molecule has 3 nitrogen and oxygen atoms in total. The molecule has 0 rings (SSSR count). The van der Waals surface area contributed by atoms with E-state index in [0.29, 0.717) is 18.0 Å². The van der Waals surface area contributed by atoms with E-state index >= 15 is 0 Å². The summed E-state index contributed by atoms with van der Waals surface area (Å²) in [6, 6.07) is 0. The van der Waals surface area contributed by atoms with E-state index < -0.39 is 0 Å². The van der Waals surface area contributed by atoms with Crippen molar-refractivity contribution in [3.05, 3.63) is 11.5 Å². The summed E-state index contributed by atoms with van der Waals surface area (Å²) >= 11 is 0. The third kappa shape index (κ3) is 2.53. The van der Waals surface area contributed by atoms with Gasteiger partial charge in [-0.3, -0.25) is 4.79 Å². The van der Waals surface area contributed by atoms with Gasteiger partial charge in [0, 0.05) is 6.42 Å². The van der Waals surface area contributed by atoms with Crippen LogP contribution in [0.3, 0.4) is 0 Å². The molecular weight excluding hydrogens is 132 g/mol. The highest BCUT2D eigenvalue weighted by Gasteiger charge is 1.99. The van der Waals surface area contributed by atoms with Crippen LogP contribution in [-0.4, -0.2) is 13.6 Å². The lowest BCUT2D eigenvalue weighted by Crippen LogP contribution is -1.93. The average Bonchev–Trinajstić information content (AvgIpc) is 1.91. The minimum atomic E-state index is 0.393. The van der Waals surface area contributed by atoms with Crippen LogP contribution in [0.5, 0.6) is 0 Å². The van der Waals surface area contributed by atoms with Gasteiger partial charge in [-0.25, -0.2) is 0 Å². The highest BCUT2D eigenvalue weighted by atomic mass is 16.5. The molecule has 0 saturated heterocycles. The predicted molar refractivity (Wildman–Crippen MR) is 37.1 cm³/mol. The summed E-state index contributed by atoms with van der Waals surface area (Å²) in [7, 11) is 1.55. The molecule has 0 aromatic heterocycles. The zero-order valence-electron chi connectivity index (χ0n) is 6.51. The van der Waals surface area contributed by atoms with Crippen molar-refractivity contribution >= 4 is 6.47 Å². The normalized spacial score (nSPS) is 11.9. The van der Waals surface area contributed by atoms with Crippen LogP contribution in [0.25, 0.3) is 0 Å². The lowest BCUT2D eigenvalue weighted by atomic mass is 10.3. The molecule has 0 aliphatic heterocycles. The maximum absolute atomic E-state index is 9.84. The van der Waals surface area contributed by atoms with Crippen molar-refractivity contribution in [2.45, 2.75) is 20.3 Å². The van der Waals surface area contributed by atoms with Crippen LogP contribution in [0.2, 0.25) is 0 Å². The maximum atomic E-state index is 9.84. The number of carbonyl (C=O) groups excluding carboxylic acids is 1. The molecule has 3 heteroatoms. The fraction of sp³-hybridized carbons (Fsp3) is 0.571. The Hall–Kier alpha value is -0.990. The van der Waals surface area contributed by atoms with Gasteiger partial charge in [0.15, 0.2) is 0 Å². The summed E-state index contributed by atoms with van der Waals surface area (Å²) in [5, 5.41) is 0. The molecule has 0 saturated carbocycles. The number of carbonyl (C=O) groups is 1. The number of methoxy groups -OCH3 is 1. The Morgan fingerprint density at radius 2 is 2.20 bits per heavy atom. The van der Waals surface area contributed by atoms with Crippen LogP contribution in [0.15, 0.2) is 11.5 Å². The molecular formula is C7H12O3. The smallest absolute Gasteiger partial charge is 0.298 e. The number of rotatable bonds is 4. The van der Waals surface area contributed by atoms with Gasteiger partial charge in [0.25, 0.3) is 6.47 Å². The number of allylic oxidation sites excluding steroid dienone is 2. The van der Waals surface area contributed by atoms with Gasteiger partial charge in [-0.05, 0) is 6.92 Å². The van der Waals surface area contributed by atoms with Crippen molar-refractivity contribution in [3.8, 4) is 0 Å². The summed E-state index contributed by atoms with van der Waals surface area (Å²) in [5.74, 6) is 1.23. The minimum Gasteiger partial charge on any atom is -0.498 e. The summed E-state index contributed by atoms with van der Waals surface area (Å²) in [5.41, 5.74) is 0. The van der Waals surface area contributed by atoms with E-state index in [0.717, 1.165) is 6.42 Å². The molecule has 0 N–H and O–H groups in total. The van der Waals surface area contributed by atoms with E-state index in [1.165, 1.54) is 0 Å². The Kier molecular flexibility index (Phi) is 4.37. The molecule has 0 radical (unpaired) electrons. The van der Waals surface area contributed by atoms with Gasteiger partial charge in [-0.2, -0.15) is 0 Å². The molecule has 0 spiro atoms. The zero-order valence-corrected chi connectivity index (χ0v) is 6.51. The van der Waals surface area contributed by atoms with E-state index in [4.69, 9.17) is 4.74 Å². The second kappa shape index (κ2) is 4.85. The van der Waals surface area contributed by atoms with Crippen molar-refractivity contribution in [1.82, 2.24) is 0 Å². The first kappa shape index (κ1) is 9.01. The van der Waals surface area contributed by atoms with Crippen molar-refractivity contribution < 1.29 is 14.3 Å². The SMILES string of the molecule is CC/C(OC)=C(\C)OC=O. The summed E-state index contributed by atoms with van der Waals surface area (Å²) in [6.45, 7) is 4.01. The minimum absolute atomic E-state index is 0.393. The largest absolute Gasteiger partial charge is 0.498 e. The van der Waals surface area contributed by atoms with Crippen LogP contribution >= 0.6 is 0 Å². The number of ether oxygens (including phenoxy) is 2. The number of hydrogen-bond donors (Lipinski definition) is 0. The molecule has 0 aliphatic carbocycles. The Morgan fingerprint density at radius 1 is 1.60 bits per heavy atom. The van der Waals surface area contributed by atoms with Crippen LogP contribution in [0, 0.1) is 0 Å². The van der Waals surface area contributed by atoms with Gasteiger partial charge in [0.1, 0.15) is 11.5 Å². The molecule has 10 heavy (non-hydrogen) atoms. The third-order valence-electron chi connectivity index (χ3n) is 1.19. The van der Waals surface area contributed by atoms with E-state index in [9.17, 15) is 4.79 Å². The molecule has 58 valence electrons. The van der Waals surface area contributed by atoms with Gasteiger partial charge in [0.05, 0.1) is 7.11 Å². The second-order valence-corrected chi connectivity index (χ2v) is 1.75. The highest BCUT2D eigenvalue weighted by molar-refractivity contribution is 5.39. The van der Waals surface area contributed by atoms with E-state index in [1.807, 2.05) is 6.92 Å². The van der Waals surface area contributed by atoms with Crippen LogP contribution in [0.4, 0.5) is 0 Å². The Balaban J connectivity index is 4.11. The van der Waals surface area contributed by atoms with Crippen molar-refractivity contribution in [3.63, 3.8) is 0 Å². The molecule has 0 amide bonds. The molecule has 0 aromatic carbocycles. The first-order valence-electron chi connectivity index (χ1n) is 3.10. The van der Waals surface area contributed by atoms with Crippen LogP contribution < -0.4 is 0 Å². The lowest BCUT2D eigenvalue weighted by Gasteiger charge is -2.05. The zero-order chi connectivity index (χ0) is 7.98. The van der Waals surface area contributed by atoms with Crippen LogP contribution in [0.1, 0.15) is 20.3 Å². The lowest BCUT2D eigenvalue weighted by molar-refractivity contribution is -0.125. The summed E-state index contributed by atoms with van der Waals surface area (Å²) in [6.07, 6.45) is 0.732. The predicted octanol–water partition coefficient (Wildman–Crippen LogP) is 1.45. The summed E-state index contributed by atoms with van der Waals surface area (Å²) < 4.78 is 9.47. The van der Waals surface area contributed by atoms with E-state index in [-0.39, 0.29) is 0 Å². The quantitative estimate of drug-likeness (QED) is 0.442. The number of hydrogen-bond acceptors (Lipinski definition) is 3. The van der Waals surface area contributed by atoms with Gasteiger partial charge >= 0.3 is 0 Å². The molecule has 0 fully saturated rings. The Labute approximate surface area is 60.6 Å². The monoisotopic (exact) mass is 144 g/mol. The van der Waals surface area contributed by atoms with Gasteiger partial charge in [0.2, 0.25) is 0 Å². The highest BCUT2D eigenvalue weighted by Crippen LogP contribution is 2.08. The fourth-order valence-electron chi connectivity index (χ4n) is 0.675. The van der Waals surface area contributed by atoms with Crippen molar-refractivity contribution in [2.24, 2.45) is 0 Å². The Morgan fingerprint density at radius 3 is 2.50 bits per heavy atom. The molecule has 0 bridgehead atoms. The molecule has 0 atom stereocenters. The third-order valence-corrected chi connectivity index (χ3v) is 1.19. The molecule has 0 aliphatic rings. The Bertz CT molecular complexity index is 132. The first-order chi connectivity index (χ1) is 4.76. The standard InChI is InChI=1S/C7H12O3/c1-4-7(9-3)6(2)10-5-8/h5H,4H2,1-3H3/b7-6-. The first-order valence-corrected chi connectivity index (χ1v) is 3.10. The van der Waals surface area contributed by atoms with E-state index in [1.54, 1.807) is 14.0 Å². The molecule has 0 heterocycles. The molecule has 0 aromatic rings. The second-order valence-electron chi connectivity index (χ2n) is 1.75. The fourth-order valence-corrected chi connectivity index (χ4v) is 0.675. The van der Waals surface area contributed by atoms with E-state index in [2.05, 4.69) is 4.74 Å². The molecule has 0 unspecified atom stereocenters. The maximum Gasteiger partial charge on any atom is 0.298 e. The van der Waals surface area contributed by atoms with Crippen molar-refractivity contribution in [1.29, 1.82) is 0 Å².